The summed E-state index contributed by atoms with van der Waals surface area (Å²) < 4.78 is 116. The van der Waals surface area contributed by atoms with E-state index in [1.807, 2.05) is 0 Å². The van der Waals surface area contributed by atoms with E-state index in [1.165, 1.54) is 17.0 Å². The fraction of sp³-hybridized carbons (Fsp3) is 0.364. The third-order valence-corrected chi connectivity index (χ3v) is 5.15. The number of carbonyl (C=O) groups excluding carboxylic acids is 1. The Morgan fingerprint density at radius 1 is 0.833 bits per heavy atom. The van der Waals surface area contributed by atoms with Gasteiger partial charge in [0.1, 0.15) is 6.61 Å². The molecule has 3 rings (SSSR count). The second-order valence-corrected chi connectivity index (χ2v) is 7.84. The molecule has 1 saturated heterocycles. The van der Waals surface area contributed by atoms with E-state index >= 15 is 0 Å². The summed E-state index contributed by atoms with van der Waals surface area (Å²) in [6.07, 6.45) is -14.2. The van der Waals surface area contributed by atoms with Gasteiger partial charge in [0.15, 0.2) is 0 Å². The molecule has 0 unspecified atom stereocenters. The number of hydrogen-bond donors (Lipinski definition) is 1. The first kappa shape index (κ1) is 27.1. The number of urea groups is 1. The summed E-state index contributed by atoms with van der Waals surface area (Å²) in [5.74, 6) is 0. The van der Waals surface area contributed by atoms with Gasteiger partial charge in [-0.25, -0.2) is 4.79 Å². The summed E-state index contributed by atoms with van der Waals surface area (Å²) in [5.41, 5.74) is -3.88. The molecule has 1 fully saturated rings. The van der Waals surface area contributed by atoms with Crippen molar-refractivity contribution in [2.24, 2.45) is 5.16 Å². The smallest absolute Gasteiger partial charge is 0.391 e. The summed E-state index contributed by atoms with van der Waals surface area (Å²) in [7, 11) is 0. The van der Waals surface area contributed by atoms with E-state index in [1.54, 1.807) is 0 Å². The number of benzene rings is 2. The van der Waals surface area contributed by atoms with Gasteiger partial charge in [-0.3, -0.25) is 0 Å². The Balaban J connectivity index is 1.57. The molecular weight excluding hydrogens is 509 g/mol. The summed E-state index contributed by atoms with van der Waals surface area (Å²) in [4.78, 5) is 18.7. The predicted octanol–water partition coefficient (Wildman–Crippen LogP) is 6.94. The molecule has 0 saturated carbocycles. The number of nitrogens with zero attached hydrogens (tertiary/aromatic N) is 2. The number of likely N-dealkylation sites (tertiary alicyclic amines) is 1. The fourth-order valence-electron chi connectivity index (χ4n) is 3.32. The molecule has 1 aliphatic rings. The summed E-state index contributed by atoms with van der Waals surface area (Å²) in [5, 5.41) is 5.91. The first-order valence-corrected chi connectivity index (χ1v) is 10.3. The number of rotatable bonds is 4. The molecule has 2 aromatic rings. The highest BCUT2D eigenvalue weighted by atomic mass is 19.4. The van der Waals surface area contributed by atoms with Gasteiger partial charge in [-0.15, -0.1) is 0 Å². The van der Waals surface area contributed by atoms with Crippen LogP contribution in [0.4, 0.5) is 50.0 Å². The molecule has 196 valence electrons. The van der Waals surface area contributed by atoms with Crippen molar-refractivity contribution in [3.63, 3.8) is 0 Å². The Morgan fingerprint density at radius 3 is 1.92 bits per heavy atom. The van der Waals surface area contributed by atoms with Gasteiger partial charge in [0, 0.05) is 31.6 Å². The highest BCUT2D eigenvalue weighted by Crippen LogP contribution is 2.37. The zero-order chi connectivity index (χ0) is 26.7. The van der Waals surface area contributed by atoms with Crippen LogP contribution in [-0.2, 0) is 30.0 Å². The van der Waals surface area contributed by atoms with Crippen LogP contribution < -0.4 is 5.32 Å². The van der Waals surface area contributed by atoms with Crippen LogP contribution in [-0.4, -0.2) is 29.7 Å². The van der Waals surface area contributed by atoms with Crippen molar-refractivity contribution in [3.8, 4) is 0 Å². The summed E-state index contributed by atoms with van der Waals surface area (Å²) in [6.45, 7) is -0.139. The zero-order valence-electron chi connectivity index (χ0n) is 18.2. The normalized spacial score (nSPS) is 15.0. The van der Waals surface area contributed by atoms with Crippen LogP contribution in [0.3, 0.4) is 0 Å². The molecule has 2 amide bonds. The molecule has 1 N–H and O–H groups in total. The number of halogens is 9. The lowest BCUT2D eigenvalue weighted by atomic mass is 10.1. The van der Waals surface area contributed by atoms with Crippen LogP contribution in [0.5, 0.6) is 0 Å². The average molecular weight is 527 g/mol. The third-order valence-electron chi connectivity index (χ3n) is 5.15. The molecule has 0 aliphatic carbocycles. The zero-order valence-corrected chi connectivity index (χ0v) is 18.2. The third kappa shape index (κ3) is 7.28. The maximum Gasteiger partial charge on any atom is 0.416 e. The largest absolute Gasteiger partial charge is 0.416 e. The van der Waals surface area contributed by atoms with Crippen molar-refractivity contribution in [2.75, 3.05) is 18.4 Å². The van der Waals surface area contributed by atoms with Gasteiger partial charge < -0.3 is 15.1 Å². The maximum absolute atomic E-state index is 13.0. The second kappa shape index (κ2) is 10.3. The van der Waals surface area contributed by atoms with Gasteiger partial charge in [-0.05, 0) is 35.9 Å². The van der Waals surface area contributed by atoms with Gasteiger partial charge >= 0.3 is 24.6 Å². The SMILES string of the molecule is O=C(Nc1cc(C(F)(F)F)cc(C(F)(F)F)c1)N1CCC(=NOCc2cccc(C(F)(F)F)c2)CC1. The molecule has 0 radical (unpaired) electrons. The minimum Gasteiger partial charge on any atom is -0.391 e. The Kier molecular flexibility index (Phi) is 7.74. The van der Waals surface area contributed by atoms with Gasteiger partial charge in [0.25, 0.3) is 0 Å². The van der Waals surface area contributed by atoms with E-state index in [0.29, 0.717) is 17.8 Å². The molecule has 14 heteroatoms. The molecule has 0 atom stereocenters. The van der Waals surface area contributed by atoms with Gasteiger partial charge in [-0.1, -0.05) is 17.3 Å². The lowest BCUT2D eigenvalue weighted by molar-refractivity contribution is -0.143. The number of hydrogen-bond acceptors (Lipinski definition) is 3. The van der Waals surface area contributed by atoms with Crippen molar-refractivity contribution in [2.45, 2.75) is 38.0 Å². The number of nitrogens with one attached hydrogen (secondary N) is 1. The topological polar surface area (TPSA) is 53.9 Å². The molecule has 0 aromatic heterocycles. The van der Waals surface area contributed by atoms with Gasteiger partial charge in [-0.2, -0.15) is 39.5 Å². The maximum atomic E-state index is 13.0. The lowest BCUT2D eigenvalue weighted by Gasteiger charge is -2.27. The Bertz CT molecular complexity index is 1080. The van der Waals surface area contributed by atoms with Gasteiger partial charge in [0.2, 0.25) is 0 Å². The summed E-state index contributed by atoms with van der Waals surface area (Å²) in [6, 6.07) is 4.38. The van der Waals surface area contributed by atoms with Crippen molar-refractivity contribution in [1.82, 2.24) is 4.90 Å². The van der Waals surface area contributed by atoms with E-state index in [-0.39, 0.29) is 44.2 Å². The van der Waals surface area contributed by atoms with Gasteiger partial charge in [0.05, 0.1) is 22.4 Å². The van der Waals surface area contributed by atoms with E-state index in [4.69, 9.17) is 4.84 Å². The standard InChI is InChI=1S/C22H18F9N3O2/c23-20(24,25)14-3-1-2-13(8-14)12-36-33-17-4-6-34(7-5-17)19(35)32-18-10-15(21(26,27)28)9-16(11-18)22(29,30)31/h1-3,8-11H,4-7,12H2,(H,32,35). The van der Waals surface area contributed by atoms with Crippen LogP contribution in [0.1, 0.15) is 35.1 Å². The van der Waals surface area contributed by atoms with Crippen LogP contribution in [0.2, 0.25) is 0 Å². The molecule has 1 heterocycles. The van der Waals surface area contributed by atoms with E-state index in [2.05, 4.69) is 10.5 Å². The lowest BCUT2D eigenvalue weighted by Crippen LogP contribution is -2.41. The Labute approximate surface area is 198 Å². The molecule has 2 aromatic carbocycles. The fourth-order valence-corrected chi connectivity index (χ4v) is 3.32. The molecule has 0 spiro atoms. The number of oxime groups is 1. The summed E-state index contributed by atoms with van der Waals surface area (Å²) >= 11 is 0. The quantitative estimate of drug-likeness (QED) is 0.346. The van der Waals surface area contributed by atoms with Crippen molar-refractivity contribution >= 4 is 17.4 Å². The molecule has 1 aliphatic heterocycles. The van der Waals surface area contributed by atoms with Crippen LogP contribution in [0.15, 0.2) is 47.6 Å². The average Bonchev–Trinajstić information content (AvgIpc) is 2.78. The first-order valence-electron chi connectivity index (χ1n) is 10.3. The minimum absolute atomic E-state index is 0.0430. The minimum atomic E-state index is -5.05. The first-order chi connectivity index (χ1) is 16.6. The second-order valence-electron chi connectivity index (χ2n) is 7.84. The van der Waals surface area contributed by atoms with Crippen molar-refractivity contribution in [3.05, 3.63) is 64.7 Å². The van der Waals surface area contributed by atoms with E-state index in [9.17, 15) is 44.3 Å². The van der Waals surface area contributed by atoms with Crippen LogP contribution in [0.25, 0.3) is 0 Å². The monoisotopic (exact) mass is 527 g/mol. The highest BCUT2D eigenvalue weighted by Gasteiger charge is 2.37. The number of carbonyl (C=O) groups is 1. The number of alkyl halides is 9. The molecule has 36 heavy (non-hydrogen) atoms. The number of anilines is 1. The number of amides is 2. The molecular formula is C22H18F9N3O2. The van der Waals surface area contributed by atoms with Crippen LogP contribution in [0, 0.1) is 0 Å². The molecule has 0 bridgehead atoms. The van der Waals surface area contributed by atoms with E-state index < -0.39 is 46.9 Å². The number of piperidine rings is 1. The Hall–Kier alpha value is -3.45. The van der Waals surface area contributed by atoms with Crippen molar-refractivity contribution < 1.29 is 49.1 Å². The Morgan fingerprint density at radius 2 is 1.39 bits per heavy atom. The molecule has 5 nitrogen and oxygen atoms in total. The highest BCUT2D eigenvalue weighted by molar-refractivity contribution is 5.92. The predicted molar refractivity (Wildman–Crippen MR) is 110 cm³/mol. The van der Waals surface area contributed by atoms with Crippen molar-refractivity contribution in [1.29, 1.82) is 0 Å². The van der Waals surface area contributed by atoms with Crippen LogP contribution >= 0.6 is 0 Å². The van der Waals surface area contributed by atoms with E-state index in [0.717, 1.165) is 12.1 Å².